The Hall–Kier alpha value is -0.970. The van der Waals surface area contributed by atoms with E-state index in [0.717, 1.165) is 17.1 Å². The number of hydrogen-bond donors (Lipinski definition) is 1. The van der Waals surface area contributed by atoms with E-state index in [1.165, 1.54) is 23.4 Å². The molecule has 0 bridgehead atoms. The van der Waals surface area contributed by atoms with Gasteiger partial charge in [-0.2, -0.15) is 0 Å². The minimum atomic E-state index is 0.451. The summed E-state index contributed by atoms with van der Waals surface area (Å²) in [6, 6.07) is 4.24. The van der Waals surface area contributed by atoms with E-state index in [1.54, 1.807) is 17.5 Å². The third kappa shape index (κ3) is 2.16. The quantitative estimate of drug-likeness (QED) is 0.915. The summed E-state index contributed by atoms with van der Waals surface area (Å²) in [6.45, 7) is 0. The molecular weight excluding hydrogens is 266 g/mol. The monoisotopic (exact) mass is 279 g/mol. The molecule has 0 saturated carbocycles. The van der Waals surface area contributed by atoms with E-state index in [0.29, 0.717) is 11.1 Å². The zero-order valence-corrected chi connectivity index (χ0v) is 11.7. The lowest BCUT2D eigenvalue weighted by atomic mass is 9.98. The summed E-state index contributed by atoms with van der Waals surface area (Å²) in [5.74, 6) is 0. The second kappa shape index (κ2) is 4.96. The van der Waals surface area contributed by atoms with Gasteiger partial charge in [0.1, 0.15) is 5.01 Å². The van der Waals surface area contributed by atoms with Crippen LogP contribution in [0.15, 0.2) is 18.3 Å². The van der Waals surface area contributed by atoms with Gasteiger partial charge in [0, 0.05) is 17.1 Å². The number of hydrogen-bond acceptors (Lipinski definition) is 4. The Bertz CT molecular complexity index is 550. The lowest BCUT2D eigenvalue weighted by molar-refractivity contribution is 0.501. The van der Waals surface area contributed by atoms with Crippen molar-refractivity contribution in [3.05, 3.63) is 33.9 Å². The molecule has 5 heteroatoms. The Balaban J connectivity index is 1.99. The average Bonchev–Trinajstić information content (AvgIpc) is 2.83. The summed E-state index contributed by atoms with van der Waals surface area (Å²) < 4.78 is 0. The highest BCUT2D eigenvalue weighted by molar-refractivity contribution is 7.15. The van der Waals surface area contributed by atoms with Crippen molar-refractivity contribution in [3.8, 4) is 10.7 Å². The first-order valence-corrected chi connectivity index (χ1v) is 7.26. The molecule has 0 aliphatic heterocycles. The van der Waals surface area contributed by atoms with E-state index in [4.69, 9.17) is 16.6 Å². The zero-order chi connectivity index (χ0) is 12.5. The molecule has 1 unspecified atom stereocenters. The number of halogens is 1. The van der Waals surface area contributed by atoms with Gasteiger partial charge in [-0.1, -0.05) is 11.6 Å². The van der Waals surface area contributed by atoms with Gasteiger partial charge in [-0.25, -0.2) is 4.98 Å². The molecule has 1 N–H and O–H groups in total. The maximum atomic E-state index is 5.86. The molecule has 1 aliphatic carbocycles. The first-order chi connectivity index (χ1) is 8.78. The van der Waals surface area contributed by atoms with E-state index in [9.17, 15) is 0 Å². The second-order valence-electron chi connectivity index (χ2n) is 4.43. The van der Waals surface area contributed by atoms with Crippen LogP contribution in [0.3, 0.4) is 0 Å². The standard InChI is InChI=1S/C13H14ClN3S/c1-15-9-3-2-4-10-12(9)18-13(17-10)11-6-5-8(14)7-16-11/h5-7,9,15H,2-4H2,1H3. The van der Waals surface area contributed by atoms with Gasteiger partial charge in [0.25, 0.3) is 0 Å². The highest BCUT2D eigenvalue weighted by atomic mass is 35.5. The van der Waals surface area contributed by atoms with Gasteiger partial charge in [-0.05, 0) is 38.4 Å². The van der Waals surface area contributed by atoms with Gasteiger partial charge in [0.05, 0.1) is 16.4 Å². The number of thiazole rings is 1. The van der Waals surface area contributed by atoms with Gasteiger partial charge in [0.2, 0.25) is 0 Å². The fraction of sp³-hybridized carbons (Fsp3) is 0.385. The molecule has 2 heterocycles. The minimum Gasteiger partial charge on any atom is -0.312 e. The van der Waals surface area contributed by atoms with Crippen molar-refractivity contribution in [2.45, 2.75) is 25.3 Å². The summed E-state index contributed by atoms with van der Waals surface area (Å²) in [6.07, 6.45) is 5.15. The Morgan fingerprint density at radius 2 is 2.33 bits per heavy atom. The molecular formula is C13H14ClN3S. The van der Waals surface area contributed by atoms with Crippen LogP contribution in [0, 0.1) is 0 Å². The molecule has 3 rings (SSSR count). The maximum Gasteiger partial charge on any atom is 0.142 e. The van der Waals surface area contributed by atoms with E-state index >= 15 is 0 Å². The van der Waals surface area contributed by atoms with Gasteiger partial charge < -0.3 is 5.32 Å². The highest BCUT2D eigenvalue weighted by Gasteiger charge is 2.23. The molecule has 1 aliphatic rings. The van der Waals surface area contributed by atoms with Crippen LogP contribution in [-0.4, -0.2) is 17.0 Å². The predicted octanol–water partition coefficient (Wildman–Crippen LogP) is 3.46. The van der Waals surface area contributed by atoms with Crippen LogP contribution < -0.4 is 5.32 Å². The summed E-state index contributed by atoms with van der Waals surface area (Å²) in [4.78, 5) is 10.4. The number of nitrogens with zero attached hydrogens (tertiary/aromatic N) is 2. The van der Waals surface area contributed by atoms with Gasteiger partial charge >= 0.3 is 0 Å². The number of rotatable bonds is 2. The molecule has 0 saturated heterocycles. The molecule has 0 spiro atoms. The summed E-state index contributed by atoms with van der Waals surface area (Å²) in [5.41, 5.74) is 2.14. The van der Waals surface area contributed by atoms with Crippen LogP contribution in [0.25, 0.3) is 10.7 Å². The van der Waals surface area contributed by atoms with Gasteiger partial charge in [0.15, 0.2) is 0 Å². The minimum absolute atomic E-state index is 0.451. The molecule has 2 aromatic rings. The van der Waals surface area contributed by atoms with E-state index in [1.807, 2.05) is 19.2 Å². The Kier molecular flexibility index (Phi) is 3.33. The zero-order valence-electron chi connectivity index (χ0n) is 10.1. The van der Waals surface area contributed by atoms with Crippen molar-refractivity contribution in [1.29, 1.82) is 0 Å². The average molecular weight is 280 g/mol. The van der Waals surface area contributed by atoms with Crippen molar-refractivity contribution in [3.63, 3.8) is 0 Å². The van der Waals surface area contributed by atoms with E-state index in [-0.39, 0.29) is 0 Å². The number of nitrogens with one attached hydrogen (secondary N) is 1. The summed E-state index contributed by atoms with van der Waals surface area (Å²) in [5, 5.41) is 5.02. The fourth-order valence-corrected chi connectivity index (χ4v) is 3.65. The largest absolute Gasteiger partial charge is 0.312 e. The van der Waals surface area contributed by atoms with Gasteiger partial charge in [-0.3, -0.25) is 4.98 Å². The molecule has 0 aromatic carbocycles. The molecule has 0 radical (unpaired) electrons. The van der Waals surface area contributed by atoms with Crippen molar-refractivity contribution in [1.82, 2.24) is 15.3 Å². The number of aryl methyl sites for hydroxylation is 1. The second-order valence-corrected chi connectivity index (χ2v) is 5.89. The molecule has 0 amide bonds. The lowest BCUT2D eigenvalue weighted by Crippen LogP contribution is -2.19. The molecule has 1 atom stereocenters. The van der Waals surface area contributed by atoms with Crippen LogP contribution in [0.5, 0.6) is 0 Å². The summed E-state index contributed by atoms with van der Waals surface area (Å²) >= 11 is 7.60. The molecule has 18 heavy (non-hydrogen) atoms. The first-order valence-electron chi connectivity index (χ1n) is 6.06. The lowest BCUT2D eigenvalue weighted by Gasteiger charge is -2.19. The van der Waals surface area contributed by atoms with Crippen molar-refractivity contribution in [2.24, 2.45) is 0 Å². The predicted molar refractivity (Wildman–Crippen MR) is 75.1 cm³/mol. The first kappa shape index (κ1) is 12.1. The van der Waals surface area contributed by atoms with Crippen LogP contribution >= 0.6 is 22.9 Å². The molecule has 0 fully saturated rings. The van der Waals surface area contributed by atoms with Crippen LogP contribution in [-0.2, 0) is 6.42 Å². The molecule has 3 nitrogen and oxygen atoms in total. The van der Waals surface area contributed by atoms with E-state index < -0.39 is 0 Å². The molecule has 94 valence electrons. The van der Waals surface area contributed by atoms with E-state index in [2.05, 4.69) is 10.3 Å². The highest BCUT2D eigenvalue weighted by Crippen LogP contribution is 2.37. The maximum absolute atomic E-state index is 5.86. The third-order valence-electron chi connectivity index (χ3n) is 3.25. The topological polar surface area (TPSA) is 37.8 Å². The van der Waals surface area contributed by atoms with Crippen LogP contribution in [0.2, 0.25) is 5.02 Å². The number of aromatic nitrogens is 2. The Morgan fingerprint density at radius 1 is 1.44 bits per heavy atom. The van der Waals surface area contributed by atoms with Crippen LogP contribution in [0.1, 0.15) is 29.5 Å². The Labute approximate surface area is 115 Å². The SMILES string of the molecule is CNC1CCCc2nc(-c3ccc(Cl)cn3)sc21. The van der Waals surface area contributed by atoms with Gasteiger partial charge in [-0.15, -0.1) is 11.3 Å². The fourth-order valence-electron chi connectivity index (χ4n) is 2.31. The van der Waals surface area contributed by atoms with Crippen LogP contribution in [0.4, 0.5) is 0 Å². The van der Waals surface area contributed by atoms with Crippen molar-refractivity contribution < 1.29 is 0 Å². The third-order valence-corrected chi connectivity index (χ3v) is 4.70. The smallest absolute Gasteiger partial charge is 0.142 e. The number of fused-ring (bicyclic) bond motifs is 1. The Morgan fingerprint density at radius 3 is 3.06 bits per heavy atom. The normalized spacial score (nSPS) is 18.7. The summed E-state index contributed by atoms with van der Waals surface area (Å²) in [7, 11) is 2.01. The van der Waals surface area contributed by atoms with Crippen molar-refractivity contribution >= 4 is 22.9 Å². The number of pyridine rings is 1. The van der Waals surface area contributed by atoms with Crippen molar-refractivity contribution in [2.75, 3.05) is 7.05 Å². The molecule has 2 aromatic heterocycles.